The van der Waals surface area contributed by atoms with Gasteiger partial charge in [-0.05, 0) is 0 Å². The van der Waals surface area contributed by atoms with Crippen molar-refractivity contribution in [3.05, 3.63) is 11.7 Å². The number of carboxylic acid groups (broad SMARTS) is 1. The Morgan fingerprint density at radius 3 is 1.73 bits per heavy atom. The van der Waals surface area contributed by atoms with Crippen LogP contribution >= 0.6 is 0 Å². The van der Waals surface area contributed by atoms with Crippen molar-refractivity contribution in [3.8, 4) is 0 Å². The number of carbonyl (C=O) groups is 1. The highest BCUT2D eigenvalue weighted by Gasteiger charge is 2.61. The molecule has 15 heavy (non-hydrogen) atoms. The fourth-order valence-electron chi connectivity index (χ4n) is 0.527. The zero-order chi connectivity index (χ0) is 12.4. The molecule has 0 saturated carbocycles. The van der Waals surface area contributed by atoms with Gasteiger partial charge in [0, 0.05) is 0 Å². The summed E-state index contributed by atoms with van der Waals surface area (Å²) >= 11 is 0. The molecule has 0 heterocycles. The summed E-state index contributed by atoms with van der Waals surface area (Å²) in [6.07, 6.45) is -6.08. The van der Waals surface area contributed by atoms with Gasteiger partial charge in [-0.25, -0.2) is 18.0 Å². The second kappa shape index (κ2) is 4.07. The quantitative estimate of drug-likeness (QED) is 0.607. The van der Waals surface area contributed by atoms with Gasteiger partial charge < -0.3 is 5.11 Å². The van der Waals surface area contributed by atoms with Gasteiger partial charge in [-0.3, -0.25) is 0 Å². The van der Waals surface area contributed by atoms with Crippen molar-refractivity contribution >= 4 is 5.97 Å². The molecule has 0 aromatic carbocycles. The highest BCUT2D eigenvalue weighted by atomic mass is 19.4. The van der Waals surface area contributed by atoms with Crippen LogP contribution in [0.4, 0.5) is 30.7 Å². The Balaban J connectivity index is 5.52. The number of allylic oxidation sites excluding steroid dienone is 1. The molecule has 0 rings (SSSR count). The second-order valence-electron chi connectivity index (χ2n) is 2.37. The first-order valence-corrected chi connectivity index (χ1v) is 3.18. The van der Waals surface area contributed by atoms with Crippen molar-refractivity contribution in [1.82, 2.24) is 0 Å². The van der Waals surface area contributed by atoms with Gasteiger partial charge in [0.1, 0.15) is 6.67 Å². The number of hydrogen-bond donors (Lipinski definition) is 1. The van der Waals surface area contributed by atoms with Gasteiger partial charge in [0.15, 0.2) is 5.83 Å². The summed E-state index contributed by atoms with van der Waals surface area (Å²) in [7, 11) is 0. The lowest BCUT2D eigenvalue weighted by molar-refractivity contribution is -0.226. The molecule has 0 bridgehead atoms. The van der Waals surface area contributed by atoms with Crippen LogP contribution in [0.2, 0.25) is 0 Å². The number of rotatable bonds is 3. The molecule has 0 aliphatic rings. The third-order valence-corrected chi connectivity index (χ3v) is 1.36. The monoisotopic (exact) mass is 240 g/mol. The lowest BCUT2D eigenvalue weighted by Gasteiger charge is -2.22. The summed E-state index contributed by atoms with van der Waals surface area (Å²) in [5, 5.41) is 7.75. The van der Waals surface area contributed by atoms with Gasteiger partial charge in [-0.1, -0.05) is 0 Å². The van der Waals surface area contributed by atoms with Gasteiger partial charge >= 0.3 is 12.1 Å². The number of hydrogen-bond acceptors (Lipinski definition) is 1. The second-order valence-corrected chi connectivity index (χ2v) is 2.37. The van der Waals surface area contributed by atoms with Crippen molar-refractivity contribution in [2.24, 2.45) is 0 Å². The summed E-state index contributed by atoms with van der Waals surface area (Å²) in [6.45, 7) is -2.96. The molecule has 0 aliphatic carbocycles. The van der Waals surface area contributed by atoms with E-state index in [-0.39, 0.29) is 0 Å². The lowest BCUT2D eigenvalue weighted by Crippen LogP contribution is -2.44. The lowest BCUT2D eigenvalue weighted by atomic mass is 10.1. The molecule has 1 N–H and O–H groups in total. The maximum absolute atomic E-state index is 12.6. The number of halogens is 7. The van der Waals surface area contributed by atoms with E-state index >= 15 is 0 Å². The topological polar surface area (TPSA) is 37.3 Å². The van der Waals surface area contributed by atoms with Crippen molar-refractivity contribution < 1.29 is 40.6 Å². The molecule has 1 unspecified atom stereocenters. The predicted octanol–water partition coefficient (Wildman–Crippen LogP) is 2.46. The van der Waals surface area contributed by atoms with E-state index in [0.717, 1.165) is 0 Å². The SMILES string of the molecule is O=C(O)C(F)=C(F)C(F)(CF)C(F)(F)F. The molecular weight excluding hydrogens is 237 g/mol. The minimum Gasteiger partial charge on any atom is -0.476 e. The highest BCUT2D eigenvalue weighted by molar-refractivity contribution is 5.84. The van der Waals surface area contributed by atoms with E-state index in [4.69, 9.17) is 5.11 Å². The summed E-state index contributed by atoms with van der Waals surface area (Å²) in [6, 6.07) is 0. The zero-order valence-corrected chi connectivity index (χ0v) is 6.71. The fraction of sp³-hybridized carbons (Fsp3) is 0.500. The molecular formula is C6H3F7O2. The standard InChI is InChI=1S/C6H3F7O2/c7-1-5(10,6(11,12)13)3(9)2(8)4(14)15/h1H2,(H,14,15). The van der Waals surface area contributed by atoms with E-state index < -0.39 is 36.1 Å². The molecule has 88 valence electrons. The zero-order valence-electron chi connectivity index (χ0n) is 6.71. The number of alkyl halides is 5. The third-order valence-electron chi connectivity index (χ3n) is 1.36. The summed E-state index contributed by atoms with van der Waals surface area (Å²) < 4.78 is 84.0. The van der Waals surface area contributed by atoms with Crippen LogP contribution in [0.15, 0.2) is 11.7 Å². The average Bonchev–Trinajstić information content (AvgIpc) is 2.12. The van der Waals surface area contributed by atoms with Gasteiger partial charge in [-0.15, -0.1) is 0 Å². The molecule has 0 spiro atoms. The Morgan fingerprint density at radius 1 is 1.13 bits per heavy atom. The molecule has 9 heteroatoms. The van der Waals surface area contributed by atoms with Gasteiger partial charge in [0.2, 0.25) is 5.83 Å². The predicted molar refractivity (Wildman–Crippen MR) is 32.7 cm³/mol. The smallest absolute Gasteiger partial charge is 0.431 e. The summed E-state index contributed by atoms with van der Waals surface area (Å²) in [5.74, 6) is -9.12. The highest BCUT2D eigenvalue weighted by Crippen LogP contribution is 2.42. The van der Waals surface area contributed by atoms with Crippen molar-refractivity contribution in [1.29, 1.82) is 0 Å². The molecule has 0 aromatic rings. The van der Waals surface area contributed by atoms with Gasteiger partial charge in [0.05, 0.1) is 0 Å². The van der Waals surface area contributed by atoms with E-state index in [1.807, 2.05) is 0 Å². The van der Waals surface area contributed by atoms with Crippen LogP contribution in [0.3, 0.4) is 0 Å². The minimum absolute atomic E-state index is 2.76. The Morgan fingerprint density at radius 2 is 1.53 bits per heavy atom. The van der Waals surface area contributed by atoms with Crippen LogP contribution in [0.1, 0.15) is 0 Å². The van der Waals surface area contributed by atoms with E-state index in [9.17, 15) is 35.5 Å². The Labute approximate surface area is 78.0 Å². The van der Waals surface area contributed by atoms with Crippen LogP contribution in [0.25, 0.3) is 0 Å². The first-order chi connectivity index (χ1) is 6.58. The first kappa shape index (κ1) is 13.7. The molecule has 0 saturated heterocycles. The van der Waals surface area contributed by atoms with Crippen LogP contribution in [-0.4, -0.2) is 29.6 Å². The average molecular weight is 240 g/mol. The minimum atomic E-state index is -6.08. The van der Waals surface area contributed by atoms with Crippen molar-refractivity contribution in [2.75, 3.05) is 6.67 Å². The van der Waals surface area contributed by atoms with Crippen LogP contribution in [0.5, 0.6) is 0 Å². The summed E-state index contributed by atoms with van der Waals surface area (Å²) in [5.41, 5.74) is -5.27. The van der Waals surface area contributed by atoms with Crippen LogP contribution < -0.4 is 0 Å². The number of carboxylic acids is 1. The van der Waals surface area contributed by atoms with E-state index in [1.54, 1.807) is 0 Å². The largest absolute Gasteiger partial charge is 0.476 e. The molecule has 0 aliphatic heterocycles. The molecule has 1 atom stereocenters. The fourth-order valence-corrected chi connectivity index (χ4v) is 0.527. The summed E-state index contributed by atoms with van der Waals surface area (Å²) in [4.78, 5) is 9.70. The Hall–Kier alpha value is -1.28. The number of aliphatic carboxylic acids is 1. The molecule has 0 aromatic heterocycles. The maximum Gasteiger partial charge on any atom is 0.431 e. The van der Waals surface area contributed by atoms with Crippen LogP contribution in [0, 0.1) is 0 Å². The van der Waals surface area contributed by atoms with Gasteiger partial charge in [0.25, 0.3) is 5.67 Å². The van der Waals surface area contributed by atoms with E-state index in [0.29, 0.717) is 0 Å². The normalized spacial score (nSPS) is 18.1. The first-order valence-electron chi connectivity index (χ1n) is 3.18. The van der Waals surface area contributed by atoms with E-state index in [2.05, 4.69) is 0 Å². The van der Waals surface area contributed by atoms with E-state index in [1.165, 1.54) is 0 Å². The van der Waals surface area contributed by atoms with Crippen molar-refractivity contribution in [3.63, 3.8) is 0 Å². The molecule has 0 amide bonds. The molecule has 0 radical (unpaired) electrons. The maximum atomic E-state index is 12.6. The van der Waals surface area contributed by atoms with Crippen molar-refractivity contribution in [2.45, 2.75) is 11.8 Å². The third kappa shape index (κ3) is 2.39. The van der Waals surface area contributed by atoms with Crippen LogP contribution in [-0.2, 0) is 4.79 Å². The molecule has 2 nitrogen and oxygen atoms in total. The Bertz CT molecular complexity index is 294. The van der Waals surface area contributed by atoms with Gasteiger partial charge in [-0.2, -0.15) is 17.6 Å². The molecule has 0 fully saturated rings. The Kier molecular flexibility index (Phi) is 3.72.